The summed E-state index contributed by atoms with van der Waals surface area (Å²) in [5.74, 6) is -3.96. The van der Waals surface area contributed by atoms with Gasteiger partial charge < -0.3 is 33.9 Å². The predicted octanol–water partition coefficient (Wildman–Crippen LogP) is 2.72. The van der Waals surface area contributed by atoms with Gasteiger partial charge in [-0.1, -0.05) is 0 Å². The van der Waals surface area contributed by atoms with Crippen molar-refractivity contribution in [3.8, 4) is 28.7 Å². The molecule has 0 amide bonds. The van der Waals surface area contributed by atoms with Crippen LogP contribution in [0.2, 0.25) is 0 Å². The molecule has 2 atom stereocenters. The van der Waals surface area contributed by atoms with Crippen LogP contribution >= 0.6 is 0 Å². The number of aryl methyl sites for hydroxylation is 1. The molecular formula is C21H18O10. The van der Waals surface area contributed by atoms with Crippen molar-refractivity contribution in [2.24, 2.45) is 0 Å². The number of aliphatic hydroxyl groups is 1. The first kappa shape index (κ1) is 19.6. The van der Waals surface area contributed by atoms with Crippen LogP contribution in [0, 0.1) is 13.8 Å². The Kier molecular flexibility index (Phi) is 4.00. The summed E-state index contributed by atoms with van der Waals surface area (Å²) in [6, 6.07) is 1.61. The van der Waals surface area contributed by atoms with Crippen molar-refractivity contribution in [1.82, 2.24) is 0 Å². The molecule has 0 fully saturated rings. The van der Waals surface area contributed by atoms with E-state index in [2.05, 4.69) is 0 Å². The van der Waals surface area contributed by atoms with Gasteiger partial charge in [-0.2, -0.15) is 0 Å². The van der Waals surface area contributed by atoms with E-state index in [0.29, 0.717) is 16.9 Å². The Labute approximate surface area is 175 Å². The predicted molar refractivity (Wildman–Crippen MR) is 100 cm³/mol. The van der Waals surface area contributed by atoms with Crippen LogP contribution in [0.25, 0.3) is 0 Å². The van der Waals surface area contributed by atoms with Crippen LogP contribution in [0.1, 0.15) is 56.2 Å². The van der Waals surface area contributed by atoms with E-state index in [1.165, 1.54) is 21.0 Å². The lowest BCUT2D eigenvalue weighted by Gasteiger charge is -2.29. The average molecular weight is 430 g/mol. The summed E-state index contributed by atoms with van der Waals surface area (Å²) < 4.78 is 33.4. The smallest absolute Gasteiger partial charge is 0.347 e. The van der Waals surface area contributed by atoms with Crippen molar-refractivity contribution in [3.05, 3.63) is 39.4 Å². The number of carbonyl (C=O) groups is 2. The van der Waals surface area contributed by atoms with Gasteiger partial charge in [-0.15, -0.1) is 0 Å². The van der Waals surface area contributed by atoms with Gasteiger partial charge in [-0.25, -0.2) is 9.59 Å². The molecule has 31 heavy (non-hydrogen) atoms. The Morgan fingerprint density at radius 3 is 2.55 bits per heavy atom. The first-order valence-electron chi connectivity index (χ1n) is 9.38. The zero-order chi connectivity index (χ0) is 22.2. The molecule has 0 aliphatic carbocycles. The summed E-state index contributed by atoms with van der Waals surface area (Å²) in [5, 5.41) is 21.3. The topological polar surface area (TPSA) is 130 Å². The molecule has 3 aliphatic heterocycles. The lowest BCUT2D eigenvalue weighted by molar-refractivity contribution is -0.393. The molecule has 5 rings (SSSR count). The van der Waals surface area contributed by atoms with E-state index in [0.717, 1.165) is 0 Å². The fraction of sp³-hybridized carbons (Fsp3) is 0.333. The molecule has 10 heteroatoms. The van der Waals surface area contributed by atoms with Crippen molar-refractivity contribution < 1.29 is 48.2 Å². The standard InChI is InChI=1S/C21H18O10/c1-7-5-10(26-4)9-6-27-21(3,25)31-20-13-12(19(24)30-20)14(22)8(2)15-17(13)28-16(9)11(7)18(23)29-15/h5,20,22,25H,6H2,1-4H3/t20-,21+/m0/s1. The van der Waals surface area contributed by atoms with Gasteiger partial charge in [0.1, 0.15) is 22.6 Å². The van der Waals surface area contributed by atoms with E-state index in [-0.39, 0.29) is 46.1 Å². The van der Waals surface area contributed by atoms with Crippen molar-refractivity contribution >= 4 is 11.9 Å². The quantitative estimate of drug-likeness (QED) is 0.514. The second-order valence-electron chi connectivity index (χ2n) is 7.53. The Balaban J connectivity index is 1.91. The highest BCUT2D eigenvalue weighted by Gasteiger charge is 2.47. The van der Waals surface area contributed by atoms with Crippen molar-refractivity contribution in [2.45, 2.75) is 39.6 Å². The van der Waals surface area contributed by atoms with E-state index in [4.69, 9.17) is 28.4 Å². The number of aromatic hydroxyl groups is 1. The fourth-order valence-corrected chi connectivity index (χ4v) is 3.95. The molecule has 162 valence electrons. The summed E-state index contributed by atoms with van der Waals surface area (Å²) >= 11 is 0. The van der Waals surface area contributed by atoms with Gasteiger partial charge in [0.25, 0.3) is 5.97 Å². The van der Waals surface area contributed by atoms with Crippen LogP contribution in [0.3, 0.4) is 0 Å². The Morgan fingerprint density at radius 2 is 1.84 bits per heavy atom. The highest BCUT2D eigenvalue weighted by Crippen LogP contribution is 2.55. The molecule has 10 nitrogen and oxygen atoms in total. The van der Waals surface area contributed by atoms with Crippen LogP contribution in [0.5, 0.6) is 28.7 Å². The Bertz CT molecular complexity index is 1180. The first-order chi connectivity index (χ1) is 14.6. The van der Waals surface area contributed by atoms with Crippen molar-refractivity contribution in [2.75, 3.05) is 7.11 Å². The fourth-order valence-electron chi connectivity index (χ4n) is 3.95. The van der Waals surface area contributed by atoms with Gasteiger partial charge in [0.05, 0.1) is 24.8 Å². The van der Waals surface area contributed by atoms with Crippen LogP contribution in [-0.4, -0.2) is 35.2 Å². The molecule has 0 radical (unpaired) electrons. The zero-order valence-electron chi connectivity index (χ0n) is 17.0. The van der Waals surface area contributed by atoms with E-state index in [1.807, 2.05) is 0 Å². The number of carbonyl (C=O) groups excluding carboxylic acids is 2. The monoisotopic (exact) mass is 430 g/mol. The molecule has 0 unspecified atom stereocenters. The highest BCUT2D eigenvalue weighted by atomic mass is 16.9. The number of hydrogen-bond donors (Lipinski definition) is 2. The molecular weight excluding hydrogens is 412 g/mol. The molecule has 0 saturated heterocycles. The molecule has 2 aromatic carbocycles. The van der Waals surface area contributed by atoms with E-state index < -0.39 is 30.0 Å². The maximum atomic E-state index is 13.1. The number of phenolic OH excluding ortho intramolecular Hbond substituents is 1. The third kappa shape index (κ3) is 2.69. The van der Waals surface area contributed by atoms with Crippen LogP contribution < -0.4 is 14.2 Å². The molecule has 2 bridgehead atoms. The molecule has 2 aromatic rings. The molecule has 3 heterocycles. The Morgan fingerprint density at radius 1 is 1.10 bits per heavy atom. The first-order valence-corrected chi connectivity index (χ1v) is 9.38. The van der Waals surface area contributed by atoms with E-state index in [1.54, 1.807) is 13.0 Å². The van der Waals surface area contributed by atoms with Crippen LogP contribution in [0.15, 0.2) is 6.07 Å². The summed E-state index contributed by atoms with van der Waals surface area (Å²) in [4.78, 5) is 25.6. The molecule has 3 aliphatic rings. The number of phenols is 1. The van der Waals surface area contributed by atoms with Gasteiger partial charge in [0.15, 0.2) is 17.2 Å². The average Bonchev–Trinajstić information content (AvgIpc) is 2.92. The maximum Gasteiger partial charge on any atom is 0.347 e. The van der Waals surface area contributed by atoms with Crippen molar-refractivity contribution in [3.63, 3.8) is 0 Å². The zero-order valence-corrected chi connectivity index (χ0v) is 17.0. The SMILES string of the molecule is COc1cc(C)c2c3c1CO[C@@](C)(O)O[C@@H]1OC(=O)c4c(O)c(C)c(c(c41)O3)OC2=O. The van der Waals surface area contributed by atoms with Gasteiger partial charge in [0.2, 0.25) is 6.29 Å². The normalized spacial score (nSPS) is 23.5. The molecule has 0 spiro atoms. The minimum Gasteiger partial charge on any atom is -0.507 e. The number of benzene rings is 2. The van der Waals surface area contributed by atoms with Gasteiger partial charge in [-0.3, -0.25) is 4.74 Å². The van der Waals surface area contributed by atoms with Gasteiger partial charge in [0, 0.05) is 12.5 Å². The molecule has 0 saturated carbocycles. The van der Waals surface area contributed by atoms with E-state index in [9.17, 15) is 19.8 Å². The summed E-state index contributed by atoms with van der Waals surface area (Å²) in [6.45, 7) is 4.11. The lowest BCUT2D eigenvalue weighted by Crippen LogP contribution is -2.34. The summed E-state index contributed by atoms with van der Waals surface area (Å²) in [7, 11) is 1.44. The summed E-state index contributed by atoms with van der Waals surface area (Å²) in [6.07, 6.45) is -1.48. The van der Waals surface area contributed by atoms with Crippen LogP contribution in [-0.2, 0) is 20.8 Å². The van der Waals surface area contributed by atoms with E-state index >= 15 is 0 Å². The van der Waals surface area contributed by atoms with Gasteiger partial charge in [-0.05, 0) is 25.5 Å². The minimum absolute atomic E-state index is 0.0269. The number of rotatable bonds is 1. The number of methoxy groups -OCH3 is 1. The van der Waals surface area contributed by atoms with Crippen LogP contribution in [0.4, 0.5) is 0 Å². The second kappa shape index (κ2) is 6.33. The van der Waals surface area contributed by atoms with Crippen molar-refractivity contribution in [1.29, 1.82) is 0 Å². The second-order valence-corrected chi connectivity index (χ2v) is 7.53. The number of hydrogen-bond acceptors (Lipinski definition) is 10. The number of ether oxygens (including phenoxy) is 6. The largest absolute Gasteiger partial charge is 0.507 e. The minimum atomic E-state index is -2.20. The molecule has 0 aromatic heterocycles. The lowest BCUT2D eigenvalue weighted by atomic mass is 10.0. The van der Waals surface area contributed by atoms with Gasteiger partial charge >= 0.3 is 11.9 Å². The molecule has 2 N–H and O–H groups in total. The Hall–Kier alpha value is -3.34. The highest BCUT2D eigenvalue weighted by molar-refractivity contribution is 6.02. The summed E-state index contributed by atoms with van der Waals surface area (Å²) in [5.41, 5.74) is 0.819. The number of esters is 2. The maximum absolute atomic E-state index is 13.1. The third-order valence-corrected chi connectivity index (χ3v) is 5.48. The third-order valence-electron chi connectivity index (χ3n) is 5.48.